The normalized spacial score (nSPS) is 14.9. The molecule has 1 saturated heterocycles. The molecule has 1 aliphatic rings. The monoisotopic (exact) mass is 441 g/mol. The third-order valence-corrected chi connectivity index (χ3v) is 4.80. The number of halogens is 5. The van der Waals surface area contributed by atoms with Crippen LogP contribution in [0.2, 0.25) is 0 Å². The number of anilines is 2. The molecule has 1 aromatic carbocycles. The Morgan fingerprint density at radius 3 is 2.32 bits per heavy atom. The van der Waals surface area contributed by atoms with E-state index in [2.05, 4.69) is 15.1 Å². The van der Waals surface area contributed by atoms with Gasteiger partial charge in [-0.05, 0) is 18.2 Å². The lowest BCUT2D eigenvalue weighted by Crippen LogP contribution is -2.48. The number of nitrogens with zero attached hydrogens (tertiary/aromatic N) is 7. The first-order chi connectivity index (χ1) is 14.7. The van der Waals surface area contributed by atoms with Crippen molar-refractivity contribution in [1.29, 1.82) is 0 Å². The van der Waals surface area contributed by atoms with Crippen molar-refractivity contribution in [3.8, 4) is 0 Å². The van der Waals surface area contributed by atoms with Crippen molar-refractivity contribution in [2.75, 3.05) is 36.0 Å². The third kappa shape index (κ3) is 4.49. The Hall–Kier alpha value is -3.51. The van der Waals surface area contributed by atoms with Gasteiger partial charge in [0.05, 0.1) is 5.69 Å². The van der Waals surface area contributed by atoms with E-state index in [0.717, 1.165) is 27.6 Å². The highest BCUT2D eigenvalue weighted by Crippen LogP contribution is 2.27. The van der Waals surface area contributed by atoms with E-state index in [-0.39, 0.29) is 18.3 Å². The predicted octanol–water partition coefficient (Wildman–Crippen LogP) is 1.96. The van der Waals surface area contributed by atoms with E-state index in [4.69, 9.17) is 0 Å². The van der Waals surface area contributed by atoms with E-state index in [9.17, 15) is 26.7 Å². The number of hydrogen-bond acceptors (Lipinski definition) is 6. The number of piperazine rings is 1. The van der Waals surface area contributed by atoms with Gasteiger partial charge >= 0.3 is 11.9 Å². The zero-order valence-corrected chi connectivity index (χ0v) is 15.9. The summed E-state index contributed by atoms with van der Waals surface area (Å²) in [6.45, 7) is 1.33. The van der Waals surface area contributed by atoms with E-state index >= 15 is 0 Å². The van der Waals surface area contributed by atoms with Crippen LogP contribution in [0.1, 0.15) is 5.69 Å². The number of rotatable bonds is 4. The lowest BCUT2D eigenvalue weighted by Gasteiger charge is -2.36. The maximum absolute atomic E-state index is 14.0. The Morgan fingerprint density at radius 2 is 1.71 bits per heavy atom. The first-order valence-corrected chi connectivity index (χ1v) is 9.20. The largest absolute Gasteiger partial charge is 0.435 e. The Kier molecular flexibility index (Phi) is 5.33. The Labute approximate surface area is 172 Å². The van der Waals surface area contributed by atoms with Gasteiger partial charge in [-0.15, -0.1) is 0 Å². The van der Waals surface area contributed by atoms with E-state index in [0.29, 0.717) is 26.2 Å². The molecular formula is C18H16F5N7O. The fourth-order valence-electron chi connectivity index (χ4n) is 3.23. The Bertz CT molecular complexity index is 1130. The molecule has 4 rings (SSSR count). The quantitative estimate of drug-likeness (QED) is 0.577. The summed E-state index contributed by atoms with van der Waals surface area (Å²) in [5.74, 6) is -1.14. The van der Waals surface area contributed by atoms with Crippen molar-refractivity contribution in [3.05, 3.63) is 64.6 Å². The molecule has 8 nitrogen and oxygen atoms in total. The molecule has 3 heterocycles. The molecule has 164 valence electrons. The van der Waals surface area contributed by atoms with Crippen LogP contribution < -0.4 is 15.5 Å². The van der Waals surface area contributed by atoms with Gasteiger partial charge in [0.25, 0.3) is 0 Å². The first-order valence-electron chi connectivity index (χ1n) is 9.20. The number of alkyl halides is 3. The molecule has 1 fully saturated rings. The second-order valence-electron chi connectivity index (χ2n) is 6.86. The summed E-state index contributed by atoms with van der Waals surface area (Å²) >= 11 is 0. The lowest BCUT2D eigenvalue weighted by molar-refractivity contribution is -0.141. The molecular weight excluding hydrogens is 425 g/mol. The van der Waals surface area contributed by atoms with Crippen molar-refractivity contribution in [3.63, 3.8) is 0 Å². The summed E-state index contributed by atoms with van der Waals surface area (Å²) < 4.78 is 67.0. The summed E-state index contributed by atoms with van der Waals surface area (Å²) in [6.07, 6.45) is -2.28. The van der Waals surface area contributed by atoms with Crippen LogP contribution in [-0.2, 0) is 12.8 Å². The minimum absolute atomic E-state index is 0.164. The molecule has 0 saturated carbocycles. The highest BCUT2D eigenvalue weighted by Gasteiger charge is 2.33. The molecule has 3 aromatic rings. The molecule has 0 aliphatic carbocycles. The fourth-order valence-corrected chi connectivity index (χ4v) is 3.23. The van der Waals surface area contributed by atoms with Crippen LogP contribution in [0, 0.1) is 11.6 Å². The maximum Gasteiger partial charge on any atom is 0.435 e. The minimum Gasteiger partial charge on any atom is -0.366 e. The van der Waals surface area contributed by atoms with Gasteiger partial charge in [-0.1, -0.05) is 0 Å². The van der Waals surface area contributed by atoms with Crippen molar-refractivity contribution in [2.45, 2.75) is 12.8 Å². The van der Waals surface area contributed by atoms with Gasteiger partial charge in [0.1, 0.15) is 24.6 Å². The molecule has 0 bridgehead atoms. The summed E-state index contributed by atoms with van der Waals surface area (Å²) in [4.78, 5) is 23.8. The molecule has 0 unspecified atom stereocenters. The zero-order valence-electron chi connectivity index (χ0n) is 15.9. The second-order valence-corrected chi connectivity index (χ2v) is 6.86. The van der Waals surface area contributed by atoms with E-state index in [1.54, 1.807) is 9.80 Å². The van der Waals surface area contributed by atoms with Crippen LogP contribution in [0.5, 0.6) is 0 Å². The van der Waals surface area contributed by atoms with Crippen LogP contribution in [-0.4, -0.2) is 50.5 Å². The predicted molar refractivity (Wildman–Crippen MR) is 99.7 cm³/mol. The maximum atomic E-state index is 14.0. The molecule has 31 heavy (non-hydrogen) atoms. The van der Waals surface area contributed by atoms with Gasteiger partial charge in [-0.25, -0.2) is 18.6 Å². The number of hydrogen-bond donors (Lipinski definition) is 0. The molecule has 1 aliphatic heterocycles. The van der Waals surface area contributed by atoms with Gasteiger partial charge in [0, 0.05) is 38.4 Å². The van der Waals surface area contributed by atoms with Gasteiger partial charge in [0.2, 0.25) is 5.95 Å². The molecule has 0 radical (unpaired) electrons. The van der Waals surface area contributed by atoms with Crippen molar-refractivity contribution in [2.24, 2.45) is 0 Å². The fraction of sp³-hybridized carbons (Fsp3) is 0.333. The van der Waals surface area contributed by atoms with Crippen LogP contribution >= 0.6 is 0 Å². The average Bonchev–Trinajstić information content (AvgIpc) is 3.19. The smallest absolute Gasteiger partial charge is 0.366 e. The highest BCUT2D eigenvalue weighted by molar-refractivity contribution is 5.49. The van der Waals surface area contributed by atoms with E-state index < -0.39 is 29.2 Å². The topological polar surface area (TPSA) is 72.1 Å². The van der Waals surface area contributed by atoms with Crippen molar-refractivity contribution >= 4 is 11.6 Å². The van der Waals surface area contributed by atoms with Crippen LogP contribution in [0.3, 0.4) is 0 Å². The van der Waals surface area contributed by atoms with E-state index in [1.807, 2.05) is 0 Å². The van der Waals surface area contributed by atoms with Gasteiger partial charge in [-0.2, -0.15) is 23.3 Å². The number of benzene rings is 1. The number of aromatic nitrogens is 5. The summed E-state index contributed by atoms with van der Waals surface area (Å²) in [5, 5.41) is 3.39. The second kappa shape index (κ2) is 7.96. The summed E-state index contributed by atoms with van der Waals surface area (Å²) in [5.41, 5.74) is -1.47. The van der Waals surface area contributed by atoms with Crippen LogP contribution in [0.15, 0.2) is 41.6 Å². The summed E-state index contributed by atoms with van der Waals surface area (Å²) in [6, 6.07) is 4.19. The molecule has 0 amide bonds. The van der Waals surface area contributed by atoms with Gasteiger partial charge < -0.3 is 9.80 Å². The molecule has 13 heteroatoms. The zero-order chi connectivity index (χ0) is 22.2. The summed E-state index contributed by atoms with van der Waals surface area (Å²) in [7, 11) is 0. The average molecular weight is 441 g/mol. The van der Waals surface area contributed by atoms with Gasteiger partial charge in [-0.3, -0.25) is 9.25 Å². The minimum atomic E-state index is -4.57. The first kappa shape index (κ1) is 20.8. The Balaban J connectivity index is 1.42. The highest BCUT2D eigenvalue weighted by atomic mass is 19.4. The van der Waals surface area contributed by atoms with Crippen molar-refractivity contribution < 1.29 is 22.0 Å². The molecule has 0 spiro atoms. The molecule has 0 atom stereocenters. The lowest BCUT2D eigenvalue weighted by atomic mass is 10.2. The standard InChI is InChI=1S/C18H16F5N7O/c19-12-1-2-14(13(20)9-12)27-5-7-28(8-6-27)16-24-10-29(17(31)25-16)11-30-4-3-15(26-30)18(21,22)23/h1-4,9-10H,5-8,11H2. The van der Waals surface area contributed by atoms with Gasteiger partial charge in [0.15, 0.2) is 5.69 Å². The van der Waals surface area contributed by atoms with Crippen LogP contribution in [0.4, 0.5) is 33.6 Å². The third-order valence-electron chi connectivity index (χ3n) is 4.80. The SMILES string of the molecule is O=c1nc(N2CCN(c3ccc(F)cc3F)CC2)ncn1Cn1ccc(C(F)(F)F)n1. The van der Waals surface area contributed by atoms with Crippen LogP contribution in [0.25, 0.3) is 0 Å². The van der Waals surface area contributed by atoms with E-state index in [1.165, 1.54) is 18.5 Å². The Morgan fingerprint density at radius 1 is 1.00 bits per heavy atom. The van der Waals surface area contributed by atoms with Crippen molar-refractivity contribution in [1.82, 2.24) is 24.3 Å². The molecule has 0 N–H and O–H groups in total. The molecule has 2 aromatic heterocycles.